The van der Waals surface area contributed by atoms with Crippen molar-refractivity contribution in [3.05, 3.63) is 93.2 Å². The molecule has 1 amide bonds. The molecule has 0 aliphatic carbocycles. The van der Waals surface area contributed by atoms with Gasteiger partial charge in [-0.05, 0) is 29.3 Å². The third-order valence-corrected chi connectivity index (χ3v) is 4.56. The van der Waals surface area contributed by atoms with Crippen molar-refractivity contribution in [2.24, 2.45) is 0 Å². The molecule has 2 aromatic carbocycles. The minimum Gasteiger partial charge on any atom is -0.503 e. The van der Waals surface area contributed by atoms with Crippen LogP contribution in [0.2, 0.25) is 0 Å². The highest BCUT2D eigenvalue weighted by atomic mass is 16.6. The highest BCUT2D eigenvalue weighted by Gasteiger charge is 2.42. The number of ketones is 1. The number of hydrogen-bond acceptors (Lipinski definition) is 6. The molecule has 0 bridgehead atoms. The van der Waals surface area contributed by atoms with Gasteiger partial charge in [-0.25, -0.2) is 0 Å². The minimum absolute atomic E-state index is 0.107. The number of benzene rings is 2. The van der Waals surface area contributed by atoms with Gasteiger partial charge in [0.1, 0.15) is 0 Å². The summed E-state index contributed by atoms with van der Waals surface area (Å²) in [5, 5.41) is 30.5. The lowest BCUT2D eigenvalue weighted by Gasteiger charge is -2.25. The van der Waals surface area contributed by atoms with Crippen LogP contribution in [0.1, 0.15) is 17.2 Å². The first-order valence-corrected chi connectivity index (χ1v) is 8.80. The van der Waals surface area contributed by atoms with Crippen molar-refractivity contribution >= 4 is 23.5 Å². The second-order valence-electron chi connectivity index (χ2n) is 6.34. The third-order valence-electron chi connectivity index (χ3n) is 4.56. The van der Waals surface area contributed by atoms with Gasteiger partial charge in [0.2, 0.25) is 0 Å². The molecule has 29 heavy (non-hydrogen) atoms. The van der Waals surface area contributed by atoms with E-state index in [0.717, 1.165) is 5.56 Å². The molecule has 1 heterocycles. The van der Waals surface area contributed by atoms with Crippen LogP contribution in [0.25, 0.3) is 6.08 Å². The topological polar surface area (TPSA) is 121 Å². The highest BCUT2D eigenvalue weighted by Crippen LogP contribution is 2.38. The van der Waals surface area contributed by atoms with E-state index in [1.54, 1.807) is 18.2 Å². The number of hydrogen-bond donors (Lipinski definition) is 2. The number of non-ortho nitro benzene ring substituents is 1. The van der Waals surface area contributed by atoms with Gasteiger partial charge in [-0.1, -0.05) is 36.4 Å². The molecule has 0 unspecified atom stereocenters. The summed E-state index contributed by atoms with van der Waals surface area (Å²) < 4.78 is 0. The summed E-state index contributed by atoms with van der Waals surface area (Å²) in [7, 11) is 0. The first-order chi connectivity index (χ1) is 13.9. The van der Waals surface area contributed by atoms with Crippen molar-refractivity contribution in [2.45, 2.75) is 6.04 Å². The largest absolute Gasteiger partial charge is 0.503 e. The lowest BCUT2D eigenvalue weighted by molar-refractivity contribution is -0.384. The molecule has 0 spiro atoms. The fourth-order valence-corrected chi connectivity index (χ4v) is 3.19. The number of rotatable bonds is 7. The maximum Gasteiger partial charge on any atom is 0.290 e. The number of carbonyl (C=O) groups excluding carboxylic acids is 2. The van der Waals surface area contributed by atoms with E-state index in [0.29, 0.717) is 5.56 Å². The Hall–Kier alpha value is -3.78. The summed E-state index contributed by atoms with van der Waals surface area (Å²) in [4.78, 5) is 36.8. The molecule has 1 aliphatic rings. The van der Waals surface area contributed by atoms with Crippen LogP contribution < -0.4 is 0 Å². The van der Waals surface area contributed by atoms with Gasteiger partial charge < -0.3 is 15.1 Å². The molecule has 8 heteroatoms. The third kappa shape index (κ3) is 4.07. The maximum atomic E-state index is 12.8. The van der Waals surface area contributed by atoms with E-state index in [9.17, 15) is 29.9 Å². The Kier molecular flexibility index (Phi) is 5.85. The van der Waals surface area contributed by atoms with Gasteiger partial charge in [0.05, 0.1) is 23.1 Å². The normalized spacial score (nSPS) is 16.7. The van der Waals surface area contributed by atoms with Crippen molar-refractivity contribution in [1.29, 1.82) is 0 Å². The summed E-state index contributed by atoms with van der Waals surface area (Å²) in [6, 6.07) is 13.4. The number of nitrogens with zero attached hydrogens (tertiary/aromatic N) is 2. The van der Waals surface area contributed by atoms with Gasteiger partial charge in [0.25, 0.3) is 11.6 Å². The molecule has 0 fully saturated rings. The van der Waals surface area contributed by atoms with Crippen LogP contribution in [0.15, 0.2) is 72.0 Å². The predicted molar refractivity (Wildman–Crippen MR) is 105 cm³/mol. The van der Waals surface area contributed by atoms with Crippen LogP contribution in [0.5, 0.6) is 0 Å². The van der Waals surface area contributed by atoms with E-state index >= 15 is 0 Å². The minimum atomic E-state index is -0.955. The molecule has 2 aromatic rings. The number of aliphatic hydroxyl groups excluding tert-OH is 2. The second kappa shape index (κ2) is 8.49. The Morgan fingerprint density at radius 2 is 1.79 bits per heavy atom. The van der Waals surface area contributed by atoms with Crippen molar-refractivity contribution in [1.82, 2.24) is 4.90 Å². The summed E-state index contributed by atoms with van der Waals surface area (Å²) in [6.45, 7) is -0.479. The fraction of sp³-hybridized carbons (Fsp3) is 0.143. The number of carbonyl (C=O) groups is 2. The summed E-state index contributed by atoms with van der Waals surface area (Å²) >= 11 is 0. The molecular weight excluding hydrogens is 376 g/mol. The smallest absolute Gasteiger partial charge is 0.290 e. The number of β-amino-alcohol motifs (C(OH)–C–C–N with tert-alkyl or cyclic N) is 1. The number of aliphatic hydroxyl groups is 2. The molecule has 148 valence electrons. The van der Waals surface area contributed by atoms with E-state index in [4.69, 9.17) is 0 Å². The molecule has 1 aliphatic heterocycles. The zero-order valence-electron chi connectivity index (χ0n) is 15.3. The Bertz CT molecular complexity index is 996. The number of nitro groups is 1. The maximum absolute atomic E-state index is 12.8. The van der Waals surface area contributed by atoms with Crippen molar-refractivity contribution in [3.8, 4) is 0 Å². The Morgan fingerprint density at radius 1 is 1.14 bits per heavy atom. The molecule has 1 atom stereocenters. The number of amides is 1. The van der Waals surface area contributed by atoms with Crippen LogP contribution in [0, 0.1) is 10.1 Å². The van der Waals surface area contributed by atoms with Gasteiger partial charge in [0.15, 0.2) is 11.5 Å². The van der Waals surface area contributed by atoms with Crippen LogP contribution in [-0.4, -0.2) is 44.9 Å². The van der Waals surface area contributed by atoms with Crippen molar-refractivity contribution in [3.63, 3.8) is 0 Å². The van der Waals surface area contributed by atoms with Crippen LogP contribution in [0.3, 0.4) is 0 Å². The molecular formula is C21H18N2O6. The first kappa shape index (κ1) is 20.0. The fourth-order valence-electron chi connectivity index (χ4n) is 3.19. The summed E-state index contributed by atoms with van der Waals surface area (Å²) in [5.74, 6) is -2.04. The summed E-state index contributed by atoms with van der Waals surface area (Å²) in [5.41, 5.74) is 0.906. The van der Waals surface area contributed by atoms with E-state index < -0.39 is 28.4 Å². The Morgan fingerprint density at radius 3 is 2.38 bits per heavy atom. The molecule has 2 N–H and O–H groups in total. The van der Waals surface area contributed by atoms with Crippen molar-refractivity contribution < 1.29 is 24.7 Å². The molecule has 0 radical (unpaired) electrons. The zero-order chi connectivity index (χ0) is 21.0. The second-order valence-corrected chi connectivity index (χ2v) is 6.34. The molecule has 3 rings (SSSR count). The van der Waals surface area contributed by atoms with Gasteiger partial charge >= 0.3 is 0 Å². The Balaban J connectivity index is 1.99. The Labute approximate surface area is 166 Å². The van der Waals surface area contributed by atoms with E-state index in [-0.39, 0.29) is 24.4 Å². The monoisotopic (exact) mass is 394 g/mol. The standard InChI is InChI=1S/C21H18N2O6/c24-13-12-22-19(15-7-9-16(10-8-15)23(28)29)18(20(26)21(22)27)17(25)11-6-14-4-2-1-3-5-14/h1-11,19,24,26H,12-13H2/b11-6-/t19-/m0/s1. The molecule has 0 saturated heterocycles. The van der Waals surface area contributed by atoms with Crippen molar-refractivity contribution in [2.75, 3.05) is 13.2 Å². The lowest BCUT2D eigenvalue weighted by Crippen LogP contribution is -2.33. The molecule has 8 nitrogen and oxygen atoms in total. The van der Waals surface area contributed by atoms with Gasteiger partial charge in [0, 0.05) is 18.7 Å². The molecule has 0 aromatic heterocycles. The average molecular weight is 394 g/mol. The summed E-state index contributed by atoms with van der Waals surface area (Å²) in [6.07, 6.45) is 2.82. The van der Waals surface area contributed by atoms with E-state index in [1.165, 1.54) is 35.2 Å². The van der Waals surface area contributed by atoms with Gasteiger partial charge in [-0.15, -0.1) is 0 Å². The number of nitro benzene ring substituents is 1. The van der Waals surface area contributed by atoms with Gasteiger partial charge in [-0.2, -0.15) is 0 Å². The first-order valence-electron chi connectivity index (χ1n) is 8.80. The SMILES string of the molecule is O=C(/C=C\c1ccccc1)C1=C(O)C(=O)N(CCO)[C@H]1c1ccc([N+](=O)[O-])cc1. The van der Waals surface area contributed by atoms with E-state index in [2.05, 4.69) is 0 Å². The van der Waals surface area contributed by atoms with Crippen LogP contribution >= 0.6 is 0 Å². The van der Waals surface area contributed by atoms with E-state index in [1.807, 2.05) is 18.2 Å². The van der Waals surface area contributed by atoms with Crippen LogP contribution in [0.4, 0.5) is 5.69 Å². The van der Waals surface area contributed by atoms with Crippen LogP contribution in [-0.2, 0) is 9.59 Å². The quantitative estimate of drug-likeness (QED) is 0.423. The lowest BCUT2D eigenvalue weighted by atomic mass is 9.95. The highest BCUT2D eigenvalue weighted by molar-refractivity contribution is 6.14. The predicted octanol–water partition coefficient (Wildman–Crippen LogP) is 2.57. The average Bonchev–Trinajstić information content (AvgIpc) is 2.98. The van der Waals surface area contributed by atoms with Gasteiger partial charge in [-0.3, -0.25) is 19.7 Å². The molecule has 0 saturated carbocycles. The number of allylic oxidation sites excluding steroid dienone is 1. The zero-order valence-corrected chi connectivity index (χ0v) is 15.3.